The lowest BCUT2D eigenvalue weighted by Crippen LogP contribution is -2.31. The van der Waals surface area contributed by atoms with Gasteiger partial charge in [-0.15, -0.1) is 11.8 Å². The van der Waals surface area contributed by atoms with Gasteiger partial charge in [0.15, 0.2) is 6.61 Å². The standard InChI is InChI=1S/C22H26N2O4S/c1-14(2)23-21(26)13-29-19-8-6-5-7-17(19)22(27)28-12-20(25)24-18-10-9-15(3)11-16(18)4/h5-11,14H,12-13H2,1-4H3,(H,23,26)(H,24,25). The summed E-state index contributed by atoms with van der Waals surface area (Å²) in [6.45, 7) is 7.26. The highest BCUT2D eigenvalue weighted by Crippen LogP contribution is 2.23. The quantitative estimate of drug-likeness (QED) is 0.508. The number of ether oxygens (including phenoxy) is 1. The molecule has 2 amide bonds. The smallest absolute Gasteiger partial charge is 0.339 e. The first-order valence-electron chi connectivity index (χ1n) is 9.31. The third-order valence-electron chi connectivity index (χ3n) is 3.91. The molecule has 0 atom stereocenters. The number of nitrogens with one attached hydrogen (secondary N) is 2. The maximum atomic E-state index is 12.4. The number of thioether (sulfide) groups is 1. The zero-order valence-corrected chi connectivity index (χ0v) is 17.9. The highest BCUT2D eigenvalue weighted by Gasteiger charge is 2.16. The van der Waals surface area contributed by atoms with Gasteiger partial charge in [-0.3, -0.25) is 9.59 Å². The van der Waals surface area contributed by atoms with Gasteiger partial charge in [-0.05, 0) is 51.5 Å². The molecule has 0 saturated carbocycles. The molecule has 0 spiro atoms. The lowest BCUT2D eigenvalue weighted by molar-refractivity contribution is -0.119. The summed E-state index contributed by atoms with van der Waals surface area (Å²) in [5, 5.41) is 5.55. The Kier molecular flexibility index (Phi) is 8.27. The number of aryl methyl sites for hydroxylation is 2. The summed E-state index contributed by atoms with van der Waals surface area (Å²) in [5.41, 5.74) is 3.05. The van der Waals surface area contributed by atoms with E-state index >= 15 is 0 Å². The Hall–Kier alpha value is -2.80. The number of carbonyl (C=O) groups is 3. The fourth-order valence-electron chi connectivity index (χ4n) is 2.62. The molecule has 2 aromatic rings. The summed E-state index contributed by atoms with van der Waals surface area (Å²) in [6.07, 6.45) is 0. The van der Waals surface area contributed by atoms with Crippen LogP contribution < -0.4 is 10.6 Å². The molecule has 0 fully saturated rings. The minimum atomic E-state index is -0.604. The van der Waals surface area contributed by atoms with Crippen molar-refractivity contribution in [2.75, 3.05) is 17.7 Å². The summed E-state index contributed by atoms with van der Waals surface area (Å²) < 4.78 is 5.17. The van der Waals surface area contributed by atoms with Crippen molar-refractivity contribution < 1.29 is 19.1 Å². The SMILES string of the molecule is Cc1ccc(NC(=O)COC(=O)c2ccccc2SCC(=O)NC(C)C)c(C)c1. The van der Waals surface area contributed by atoms with E-state index in [1.807, 2.05) is 45.9 Å². The van der Waals surface area contributed by atoms with Gasteiger partial charge in [0.2, 0.25) is 5.91 Å². The van der Waals surface area contributed by atoms with Crippen LogP contribution in [0.2, 0.25) is 0 Å². The minimum absolute atomic E-state index is 0.0546. The maximum Gasteiger partial charge on any atom is 0.339 e. The molecule has 0 aliphatic rings. The van der Waals surface area contributed by atoms with Gasteiger partial charge in [0.1, 0.15) is 0 Å². The summed E-state index contributed by atoms with van der Waals surface area (Å²) in [5.74, 6) is -0.934. The van der Waals surface area contributed by atoms with Crippen LogP contribution in [0.3, 0.4) is 0 Å². The Morgan fingerprint density at radius 2 is 1.76 bits per heavy atom. The van der Waals surface area contributed by atoms with Crippen molar-refractivity contribution in [2.45, 2.75) is 38.6 Å². The maximum absolute atomic E-state index is 12.4. The Morgan fingerprint density at radius 1 is 1.03 bits per heavy atom. The number of rotatable bonds is 8. The molecule has 0 bridgehead atoms. The van der Waals surface area contributed by atoms with Gasteiger partial charge in [-0.1, -0.05) is 29.8 Å². The zero-order chi connectivity index (χ0) is 21.4. The van der Waals surface area contributed by atoms with Gasteiger partial charge in [0.25, 0.3) is 5.91 Å². The van der Waals surface area contributed by atoms with Crippen LogP contribution in [-0.2, 0) is 14.3 Å². The van der Waals surface area contributed by atoms with Crippen molar-refractivity contribution in [3.63, 3.8) is 0 Å². The first-order chi connectivity index (χ1) is 13.8. The molecule has 0 radical (unpaired) electrons. The van der Waals surface area contributed by atoms with E-state index < -0.39 is 11.9 Å². The topological polar surface area (TPSA) is 84.5 Å². The Morgan fingerprint density at radius 3 is 2.45 bits per heavy atom. The van der Waals surface area contributed by atoms with Crippen LogP contribution in [0.15, 0.2) is 47.4 Å². The molecule has 6 nitrogen and oxygen atoms in total. The lowest BCUT2D eigenvalue weighted by Gasteiger charge is -2.12. The fourth-order valence-corrected chi connectivity index (χ4v) is 3.47. The van der Waals surface area contributed by atoms with Crippen molar-refractivity contribution in [1.29, 1.82) is 0 Å². The number of hydrogen-bond donors (Lipinski definition) is 2. The number of hydrogen-bond acceptors (Lipinski definition) is 5. The highest BCUT2D eigenvalue weighted by atomic mass is 32.2. The third kappa shape index (κ3) is 7.27. The monoisotopic (exact) mass is 414 g/mol. The molecule has 0 aliphatic carbocycles. The van der Waals surface area contributed by atoms with Crippen molar-refractivity contribution in [3.8, 4) is 0 Å². The second-order valence-corrected chi connectivity index (χ2v) is 7.97. The van der Waals surface area contributed by atoms with E-state index in [1.54, 1.807) is 24.3 Å². The molecule has 2 rings (SSSR count). The van der Waals surface area contributed by atoms with E-state index in [0.717, 1.165) is 11.1 Å². The highest BCUT2D eigenvalue weighted by molar-refractivity contribution is 8.00. The van der Waals surface area contributed by atoms with Gasteiger partial charge in [-0.2, -0.15) is 0 Å². The molecule has 0 saturated heterocycles. The average Bonchev–Trinajstić information content (AvgIpc) is 2.66. The van der Waals surface area contributed by atoms with Crippen LogP contribution >= 0.6 is 11.8 Å². The van der Waals surface area contributed by atoms with Crippen molar-refractivity contribution >= 4 is 35.2 Å². The molecule has 2 aromatic carbocycles. The summed E-state index contributed by atoms with van der Waals surface area (Å²) >= 11 is 1.25. The van der Waals surface area contributed by atoms with E-state index in [-0.39, 0.29) is 24.3 Å². The number of esters is 1. The van der Waals surface area contributed by atoms with Gasteiger partial charge < -0.3 is 15.4 Å². The number of amides is 2. The van der Waals surface area contributed by atoms with Gasteiger partial charge >= 0.3 is 5.97 Å². The molecule has 7 heteroatoms. The van der Waals surface area contributed by atoms with Crippen LogP contribution in [0.1, 0.15) is 35.3 Å². The van der Waals surface area contributed by atoms with E-state index in [0.29, 0.717) is 16.1 Å². The number of benzene rings is 2. The van der Waals surface area contributed by atoms with Gasteiger partial charge in [0.05, 0.1) is 11.3 Å². The fraction of sp³-hybridized carbons (Fsp3) is 0.318. The Balaban J connectivity index is 1.93. The molecule has 154 valence electrons. The van der Waals surface area contributed by atoms with E-state index in [9.17, 15) is 14.4 Å². The predicted octanol–water partition coefficient (Wildman–Crippen LogP) is 3.72. The molecule has 0 aromatic heterocycles. The molecular formula is C22H26N2O4S. The predicted molar refractivity (Wildman–Crippen MR) is 115 cm³/mol. The van der Waals surface area contributed by atoms with Crippen molar-refractivity contribution in [2.24, 2.45) is 0 Å². The molecule has 2 N–H and O–H groups in total. The van der Waals surface area contributed by atoms with Crippen LogP contribution in [0, 0.1) is 13.8 Å². The van der Waals surface area contributed by atoms with E-state index in [4.69, 9.17) is 4.74 Å². The van der Waals surface area contributed by atoms with E-state index in [2.05, 4.69) is 10.6 Å². The minimum Gasteiger partial charge on any atom is -0.452 e. The van der Waals surface area contributed by atoms with Gasteiger partial charge in [0, 0.05) is 16.6 Å². The van der Waals surface area contributed by atoms with Crippen LogP contribution in [0.25, 0.3) is 0 Å². The summed E-state index contributed by atoms with van der Waals surface area (Å²) in [6, 6.07) is 12.6. The third-order valence-corrected chi connectivity index (χ3v) is 4.98. The first kappa shape index (κ1) is 22.5. The number of anilines is 1. The Labute approximate surface area is 175 Å². The second kappa shape index (κ2) is 10.7. The average molecular weight is 415 g/mol. The van der Waals surface area contributed by atoms with Crippen molar-refractivity contribution in [1.82, 2.24) is 5.32 Å². The molecule has 0 unspecified atom stereocenters. The molecular weight excluding hydrogens is 388 g/mol. The largest absolute Gasteiger partial charge is 0.452 e. The van der Waals surface area contributed by atoms with Crippen LogP contribution in [-0.4, -0.2) is 36.2 Å². The number of carbonyl (C=O) groups excluding carboxylic acids is 3. The normalized spacial score (nSPS) is 10.5. The van der Waals surface area contributed by atoms with E-state index in [1.165, 1.54) is 11.8 Å². The summed E-state index contributed by atoms with van der Waals surface area (Å²) in [7, 11) is 0. The first-order valence-corrected chi connectivity index (χ1v) is 10.3. The van der Waals surface area contributed by atoms with Crippen molar-refractivity contribution in [3.05, 3.63) is 59.2 Å². The second-order valence-electron chi connectivity index (χ2n) is 6.95. The van der Waals surface area contributed by atoms with Crippen LogP contribution in [0.5, 0.6) is 0 Å². The van der Waals surface area contributed by atoms with Crippen LogP contribution in [0.4, 0.5) is 5.69 Å². The molecule has 0 heterocycles. The summed E-state index contributed by atoms with van der Waals surface area (Å²) in [4.78, 5) is 37.1. The lowest BCUT2D eigenvalue weighted by atomic mass is 10.1. The molecule has 0 aliphatic heterocycles. The Bertz CT molecular complexity index is 896. The molecule has 29 heavy (non-hydrogen) atoms. The zero-order valence-electron chi connectivity index (χ0n) is 17.1. The van der Waals surface area contributed by atoms with Gasteiger partial charge in [-0.25, -0.2) is 4.79 Å².